The Morgan fingerprint density at radius 3 is 2.73 bits per heavy atom. The summed E-state index contributed by atoms with van der Waals surface area (Å²) in [5.41, 5.74) is 1.91. The lowest BCUT2D eigenvalue weighted by Crippen LogP contribution is -2.38. The van der Waals surface area contributed by atoms with E-state index in [0.29, 0.717) is 13.2 Å². The summed E-state index contributed by atoms with van der Waals surface area (Å²) in [6.07, 6.45) is 5.13. The molecule has 1 aliphatic carbocycles. The minimum Gasteiger partial charge on any atom is -0.361 e. The Labute approximate surface area is 129 Å². The third kappa shape index (κ3) is 2.40. The second-order valence-corrected chi connectivity index (χ2v) is 6.12. The van der Waals surface area contributed by atoms with Crippen LogP contribution in [0.3, 0.4) is 0 Å². The van der Waals surface area contributed by atoms with Gasteiger partial charge in [-0.2, -0.15) is 0 Å². The van der Waals surface area contributed by atoms with Crippen LogP contribution in [0.25, 0.3) is 10.9 Å². The summed E-state index contributed by atoms with van der Waals surface area (Å²) in [5.74, 6) is -0.272. The first-order chi connectivity index (χ1) is 10.8. The summed E-state index contributed by atoms with van der Waals surface area (Å²) in [7, 11) is 0. The van der Waals surface area contributed by atoms with E-state index in [0.717, 1.165) is 42.3 Å². The molecule has 0 atom stereocenters. The zero-order valence-electron chi connectivity index (χ0n) is 12.4. The topological polar surface area (TPSA) is 63.4 Å². The standard InChI is InChI=1S/C17H20N2O3/c20-16(12-4-7-17(8-5-12)21-10-11-22-17)19-15-3-1-2-14-13(15)6-9-18-14/h1-3,6,9,12,18H,4-5,7-8,10-11H2,(H,19,20). The van der Waals surface area contributed by atoms with Crippen LogP contribution in [-0.4, -0.2) is 29.9 Å². The van der Waals surface area contributed by atoms with Gasteiger partial charge in [0.25, 0.3) is 0 Å². The number of hydrogen-bond acceptors (Lipinski definition) is 3. The van der Waals surface area contributed by atoms with Gasteiger partial charge in [0.1, 0.15) is 0 Å². The number of nitrogens with one attached hydrogen (secondary N) is 2. The predicted octanol–water partition coefficient (Wildman–Crippen LogP) is 3.04. The monoisotopic (exact) mass is 300 g/mol. The van der Waals surface area contributed by atoms with Crippen molar-refractivity contribution in [2.45, 2.75) is 31.5 Å². The molecule has 2 aliphatic rings. The van der Waals surface area contributed by atoms with Gasteiger partial charge in [-0.05, 0) is 31.0 Å². The smallest absolute Gasteiger partial charge is 0.227 e. The summed E-state index contributed by atoms with van der Waals surface area (Å²) in [6.45, 7) is 1.35. The molecule has 2 N–H and O–H groups in total. The third-order valence-corrected chi connectivity index (χ3v) is 4.78. The second kappa shape index (κ2) is 5.41. The maximum atomic E-state index is 12.5. The molecule has 1 spiro atoms. The Kier molecular flexibility index (Phi) is 3.39. The molecule has 5 nitrogen and oxygen atoms in total. The Bertz CT molecular complexity index is 678. The average molecular weight is 300 g/mol. The van der Waals surface area contributed by atoms with Gasteiger partial charge in [-0.1, -0.05) is 6.07 Å². The van der Waals surface area contributed by atoms with Crippen LogP contribution in [0.4, 0.5) is 5.69 Å². The highest BCUT2D eigenvalue weighted by molar-refractivity contribution is 6.02. The number of hydrogen-bond donors (Lipinski definition) is 2. The lowest BCUT2D eigenvalue weighted by molar-refractivity contribution is -0.182. The van der Waals surface area contributed by atoms with Gasteiger partial charge in [0.05, 0.1) is 18.9 Å². The van der Waals surface area contributed by atoms with Gasteiger partial charge in [0.2, 0.25) is 5.91 Å². The number of carbonyl (C=O) groups excluding carboxylic acids is 1. The summed E-state index contributed by atoms with van der Waals surface area (Å²) < 4.78 is 11.4. The van der Waals surface area contributed by atoms with E-state index in [2.05, 4.69) is 10.3 Å². The zero-order chi connectivity index (χ0) is 15.0. The quantitative estimate of drug-likeness (QED) is 0.896. The van der Waals surface area contributed by atoms with Crippen molar-refractivity contribution in [2.24, 2.45) is 5.92 Å². The Balaban J connectivity index is 1.43. The van der Waals surface area contributed by atoms with E-state index in [1.165, 1.54) is 0 Å². The fraction of sp³-hybridized carbons (Fsp3) is 0.471. The minimum absolute atomic E-state index is 0.0348. The first kappa shape index (κ1) is 13.8. The molecule has 2 fully saturated rings. The number of anilines is 1. The van der Waals surface area contributed by atoms with Crippen molar-refractivity contribution in [2.75, 3.05) is 18.5 Å². The molecule has 2 heterocycles. The van der Waals surface area contributed by atoms with E-state index in [9.17, 15) is 4.79 Å². The van der Waals surface area contributed by atoms with E-state index in [4.69, 9.17) is 9.47 Å². The van der Waals surface area contributed by atoms with Gasteiger partial charge in [-0.3, -0.25) is 4.79 Å². The van der Waals surface area contributed by atoms with Crippen molar-refractivity contribution in [3.8, 4) is 0 Å². The highest BCUT2D eigenvalue weighted by Crippen LogP contribution is 2.38. The molecule has 4 rings (SSSR count). The van der Waals surface area contributed by atoms with Crippen molar-refractivity contribution in [3.05, 3.63) is 30.5 Å². The maximum absolute atomic E-state index is 12.5. The van der Waals surface area contributed by atoms with Crippen LogP contribution in [0.2, 0.25) is 0 Å². The number of aromatic nitrogens is 1. The molecule has 1 aromatic heterocycles. The fourth-order valence-electron chi connectivity index (χ4n) is 3.53. The number of H-pyrrole nitrogens is 1. The zero-order valence-corrected chi connectivity index (χ0v) is 12.4. The predicted molar refractivity (Wildman–Crippen MR) is 83.5 cm³/mol. The van der Waals surface area contributed by atoms with Crippen molar-refractivity contribution in [1.29, 1.82) is 0 Å². The molecule has 1 aliphatic heterocycles. The first-order valence-corrected chi connectivity index (χ1v) is 7.91. The normalized spacial score (nSPS) is 21.5. The molecule has 22 heavy (non-hydrogen) atoms. The average Bonchev–Trinajstić information content (AvgIpc) is 3.18. The minimum atomic E-state index is -0.405. The number of rotatable bonds is 2. The Morgan fingerprint density at radius 2 is 1.95 bits per heavy atom. The van der Waals surface area contributed by atoms with Gasteiger partial charge in [-0.15, -0.1) is 0 Å². The van der Waals surface area contributed by atoms with Crippen molar-refractivity contribution < 1.29 is 14.3 Å². The lowest BCUT2D eigenvalue weighted by atomic mass is 9.84. The van der Waals surface area contributed by atoms with E-state index in [-0.39, 0.29) is 11.8 Å². The van der Waals surface area contributed by atoms with Crippen molar-refractivity contribution in [3.63, 3.8) is 0 Å². The number of benzene rings is 1. The van der Waals surface area contributed by atoms with E-state index in [1.807, 2.05) is 30.5 Å². The van der Waals surface area contributed by atoms with Crippen LogP contribution in [0, 0.1) is 5.92 Å². The van der Waals surface area contributed by atoms with Crippen LogP contribution in [0.1, 0.15) is 25.7 Å². The van der Waals surface area contributed by atoms with Crippen LogP contribution in [-0.2, 0) is 14.3 Å². The summed E-state index contributed by atoms with van der Waals surface area (Å²) >= 11 is 0. The Morgan fingerprint density at radius 1 is 1.18 bits per heavy atom. The molecule has 1 aromatic carbocycles. The van der Waals surface area contributed by atoms with Crippen LogP contribution < -0.4 is 5.32 Å². The lowest BCUT2D eigenvalue weighted by Gasteiger charge is -2.34. The van der Waals surface area contributed by atoms with Crippen molar-refractivity contribution >= 4 is 22.5 Å². The van der Waals surface area contributed by atoms with E-state index in [1.54, 1.807) is 0 Å². The third-order valence-electron chi connectivity index (χ3n) is 4.78. The van der Waals surface area contributed by atoms with Gasteiger partial charge >= 0.3 is 0 Å². The van der Waals surface area contributed by atoms with E-state index < -0.39 is 5.79 Å². The molecule has 5 heteroatoms. The van der Waals surface area contributed by atoms with Crippen LogP contribution in [0.5, 0.6) is 0 Å². The highest BCUT2D eigenvalue weighted by Gasteiger charge is 2.41. The molecule has 1 amide bonds. The summed E-state index contributed by atoms with van der Waals surface area (Å²) in [6, 6.07) is 7.89. The van der Waals surface area contributed by atoms with Crippen molar-refractivity contribution in [1.82, 2.24) is 4.98 Å². The number of aromatic amines is 1. The maximum Gasteiger partial charge on any atom is 0.227 e. The van der Waals surface area contributed by atoms with Gasteiger partial charge in [0, 0.05) is 35.9 Å². The summed E-state index contributed by atoms with van der Waals surface area (Å²) in [4.78, 5) is 15.7. The van der Waals surface area contributed by atoms with Gasteiger partial charge < -0.3 is 19.8 Å². The van der Waals surface area contributed by atoms with E-state index >= 15 is 0 Å². The summed E-state index contributed by atoms with van der Waals surface area (Å²) in [5, 5.41) is 4.13. The first-order valence-electron chi connectivity index (χ1n) is 7.91. The molecule has 1 saturated heterocycles. The molecular weight excluding hydrogens is 280 g/mol. The van der Waals surface area contributed by atoms with Crippen LogP contribution in [0.15, 0.2) is 30.5 Å². The molecule has 0 bridgehead atoms. The molecule has 0 radical (unpaired) electrons. The van der Waals surface area contributed by atoms with Crippen LogP contribution >= 0.6 is 0 Å². The fourth-order valence-corrected chi connectivity index (χ4v) is 3.53. The van der Waals surface area contributed by atoms with Gasteiger partial charge in [-0.25, -0.2) is 0 Å². The highest BCUT2D eigenvalue weighted by atomic mass is 16.7. The number of ether oxygens (including phenoxy) is 2. The largest absolute Gasteiger partial charge is 0.361 e. The molecule has 2 aromatic rings. The molecule has 0 unspecified atom stereocenters. The Hall–Kier alpha value is -1.85. The second-order valence-electron chi connectivity index (χ2n) is 6.12. The molecule has 1 saturated carbocycles. The molecule has 116 valence electrons. The number of amides is 1. The SMILES string of the molecule is O=C(Nc1cccc2[nH]ccc12)C1CCC2(CC1)OCCO2. The molecular formula is C17H20N2O3. The van der Waals surface area contributed by atoms with Gasteiger partial charge in [0.15, 0.2) is 5.79 Å². The number of carbonyl (C=O) groups is 1. The number of fused-ring (bicyclic) bond motifs is 1.